The lowest BCUT2D eigenvalue weighted by Crippen LogP contribution is -1.96. The summed E-state index contributed by atoms with van der Waals surface area (Å²) in [6.45, 7) is 3.22. The molecule has 1 aromatic carbocycles. The Hall–Kier alpha value is -1.74. The summed E-state index contributed by atoms with van der Waals surface area (Å²) in [4.78, 5) is 21.9. The first-order chi connectivity index (χ1) is 8.10. The lowest BCUT2D eigenvalue weighted by molar-refractivity contribution is -0.104. The molecule has 0 saturated carbocycles. The molecule has 0 atom stereocenters. The second kappa shape index (κ2) is 6.11. The molecular formula is C14H16O3. The fourth-order valence-electron chi connectivity index (χ4n) is 1.66. The number of carbonyl (C=O) groups is 2. The van der Waals surface area contributed by atoms with Crippen LogP contribution in [0.15, 0.2) is 29.8 Å². The van der Waals surface area contributed by atoms with Crippen LogP contribution in [0.5, 0.6) is 0 Å². The van der Waals surface area contributed by atoms with Gasteiger partial charge in [-0.05, 0) is 37.0 Å². The topological polar surface area (TPSA) is 54.4 Å². The summed E-state index contributed by atoms with van der Waals surface area (Å²) in [6.07, 6.45) is 1.22. The van der Waals surface area contributed by atoms with Crippen LogP contribution >= 0.6 is 0 Å². The summed E-state index contributed by atoms with van der Waals surface area (Å²) in [6, 6.07) is 7.06. The number of Topliss-reactive ketones (excluding diaryl/α,β-unsaturated/α-hetero) is 1. The van der Waals surface area contributed by atoms with Gasteiger partial charge in [-0.3, -0.25) is 9.59 Å². The van der Waals surface area contributed by atoms with Gasteiger partial charge in [-0.1, -0.05) is 24.3 Å². The van der Waals surface area contributed by atoms with Crippen LogP contribution < -0.4 is 0 Å². The molecule has 1 aromatic rings. The first kappa shape index (κ1) is 13.3. The van der Waals surface area contributed by atoms with E-state index < -0.39 is 0 Å². The Morgan fingerprint density at radius 3 is 2.12 bits per heavy atom. The van der Waals surface area contributed by atoms with E-state index in [1.807, 2.05) is 0 Å². The van der Waals surface area contributed by atoms with Crippen molar-refractivity contribution in [1.29, 1.82) is 0 Å². The predicted octanol–water partition coefficient (Wildman–Crippen LogP) is 2.24. The maximum Gasteiger partial charge on any atom is 0.159 e. The molecule has 0 aliphatic carbocycles. The zero-order chi connectivity index (χ0) is 12.8. The number of rotatable bonds is 5. The summed E-state index contributed by atoms with van der Waals surface area (Å²) < 4.78 is 0. The van der Waals surface area contributed by atoms with E-state index in [1.54, 1.807) is 31.2 Å². The fourth-order valence-corrected chi connectivity index (χ4v) is 1.66. The molecule has 17 heavy (non-hydrogen) atoms. The van der Waals surface area contributed by atoms with Crippen LogP contribution in [0, 0.1) is 0 Å². The largest absolute Gasteiger partial charge is 0.396 e. The molecule has 1 N–H and O–H groups in total. The minimum Gasteiger partial charge on any atom is -0.396 e. The second-order valence-electron chi connectivity index (χ2n) is 3.89. The summed E-state index contributed by atoms with van der Waals surface area (Å²) in [5, 5.41) is 8.98. The third-order valence-corrected chi connectivity index (χ3v) is 2.65. The third kappa shape index (κ3) is 3.36. The van der Waals surface area contributed by atoms with Crippen molar-refractivity contribution < 1.29 is 14.7 Å². The van der Waals surface area contributed by atoms with Crippen LogP contribution in [0.1, 0.15) is 36.2 Å². The molecule has 0 saturated heterocycles. The smallest absolute Gasteiger partial charge is 0.159 e. The maximum atomic E-state index is 11.1. The van der Waals surface area contributed by atoms with Gasteiger partial charge in [0, 0.05) is 12.2 Å². The van der Waals surface area contributed by atoms with Crippen LogP contribution in [0.3, 0.4) is 0 Å². The zero-order valence-corrected chi connectivity index (χ0v) is 10.1. The summed E-state index contributed by atoms with van der Waals surface area (Å²) in [7, 11) is 0. The quantitative estimate of drug-likeness (QED) is 0.481. The first-order valence-electron chi connectivity index (χ1n) is 5.47. The number of hydrogen-bond acceptors (Lipinski definition) is 3. The Morgan fingerprint density at radius 1 is 1.18 bits per heavy atom. The first-order valence-corrected chi connectivity index (χ1v) is 5.47. The number of carbonyl (C=O) groups excluding carboxylic acids is 2. The summed E-state index contributed by atoms with van der Waals surface area (Å²) in [5.74, 6) is 0.0105. The normalized spacial score (nSPS) is 11.9. The zero-order valence-electron chi connectivity index (χ0n) is 10.1. The van der Waals surface area contributed by atoms with Crippen molar-refractivity contribution in [2.75, 3.05) is 6.61 Å². The van der Waals surface area contributed by atoms with Gasteiger partial charge in [0.1, 0.15) is 6.29 Å². The van der Waals surface area contributed by atoms with Crippen molar-refractivity contribution >= 4 is 17.6 Å². The van der Waals surface area contributed by atoms with E-state index >= 15 is 0 Å². The molecule has 0 bridgehead atoms. The van der Waals surface area contributed by atoms with Crippen molar-refractivity contribution in [2.45, 2.75) is 20.3 Å². The van der Waals surface area contributed by atoms with Gasteiger partial charge >= 0.3 is 0 Å². The van der Waals surface area contributed by atoms with Crippen LogP contribution in [-0.4, -0.2) is 23.8 Å². The SMILES string of the molecule is CC(=O)c1ccc(/C(CCO)=C(\C)C=O)cc1. The van der Waals surface area contributed by atoms with Gasteiger partial charge < -0.3 is 5.11 Å². The van der Waals surface area contributed by atoms with Gasteiger partial charge in [0.25, 0.3) is 0 Å². The Morgan fingerprint density at radius 2 is 1.71 bits per heavy atom. The molecule has 0 aliphatic heterocycles. The lowest BCUT2D eigenvalue weighted by atomic mass is 9.97. The molecule has 0 radical (unpaired) electrons. The highest BCUT2D eigenvalue weighted by atomic mass is 16.3. The van der Waals surface area contributed by atoms with Gasteiger partial charge in [0.05, 0.1) is 0 Å². The minimum atomic E-state index is -0.00499. The molecule has 0 aliphatic rings. The van der Waals surface area contributed by atoms with E-state index in [2.05, 4.69) is 0 Å². The Balaban J connectivity index is 3.12. The van der Waals surface area contributed by atoms with Crippen LogP contribution in [0.4, 0.5) is 0 Å². The number of ketones is 1. The molecule has 90 valence electrons. The average molecular weight is 232 g/mol. The van der Waals surface area contributed by atoms with E-state index in [0.717, 1.165) is 17.4 Å². The number of allylic oxidation sites excluding steroid dienone is 1. The Labute approximate surface area is 101 Å². The van der Waals surface area contributed by atoms with Crippen LogP contribution in [0.2, 0.25) is 0 Å². The van der Waals surface area contributed by atoms with Crippen LogP contribution in [-0.2, 0) is 4.79 Å². The van der Waals surface area contributed by atoms with Gasteiger partial charge in [0.2, 0.25) is 0 Å². The Kier molecular flexibility index (Phi) is 4.79. The highest BCUT2D eigenvalue weighted by Gasteiger charge is 2.06. The van der Waals surface area contributed by atoms with E-state index in [9.17, 15) is 9.59 Å². The fraction of sp³-hybridized carbons (Fsp3) is 0.286. The van der Waals surface area contributed by atoms with Gasteiger partial charge in [0.15, 0.2) is 5.78 Å². The van der Waals surface area contributed by atoms with E-state index in [4.69, 9.17) is 5.11 Å². The van der Waals surface area contributed by atoms with E-state index in [-0.39, 0.29) is 12.4 Å². The molecule has 0 spiro atoms. The molecule has 3 nitrogen and oxygen atoms in total. The number of benzene rings is 1. The van der Waals surface area contributed by atoms with Crippen LogP contribution in [0.25, 0.3) is 5.57 Å². The number of aliphatic hydroxyl groups is 1. The monoisotopic (exact) mass is 232 g/mol. The number of aliphatic hydroxyl groups excluding tert-OH is 1. The van der Waals surface area contributed by atoms with Crippen molar-refractivity contribution in [3.05, 3.63) is 41.0 Å². The highest BCUT2D eigenvalue weighted by molar-refractivity contribution is 5.94. The average Bonchev–Trinajstić information content (AvgIpc) is 2.35. The maximum absolute atomic E-state index is 11.1. The predicted molar refractivity (Wildman–Crippen MR) is 66.8 cm³/mol. The molecule has 3 heteroatoms. The van der Waals surface area contributed by atoms with Gasteiger partial charge in [-0.2, -0.15) is 0 Å². The standard InChI is InChI=1S/C14H16O3/c1-10(9-16)14(7-8-15)13-5-3-12(4-6-13)11(2)17/h3-6,9,15H,7-8H2,1-2H3/b14-10+. The number of hydrogen-bond donors (Lipinski definition) is 1. The second-order valence-corrected chi connectivity index (χ2v) is 3.89. The summed E-state index contributed by atoms with van der Waals surface area (Å²) >= 11 is 0. The molecule has 0 unspecified atom stereocenters. The molecule has 0 fully saturated rings. The Bertz CT molecular complexity index is 441. The third-order valence-electron chi connectivity index (χ3n) is 2.65. The van der Waals surface area contributed by atoms with Crippen molar-refractivity contribution in [3.8, 4) is 0 Å². The molecular weight excluding hydrogens is 216 g/mol. The van der Waals surface area contributed by atoms with Gasteiger partial charge in [-0.15, -0.1) is 0 Å². The molecule has 0 heterocycles. The van der Waals surface area contributed by atoms with Crippen molar-refractivity contribution in [3.63, 3.8) is 0 Å². The van der Waals surface area contributed by atoms with E-state index in [1.165, 1.54) is 6.92 Å². The minimum absolute atomic E-state index is 0.00499. The number of aldehydes is 1. The molecule has 0 aromatic heterocycles. The summed E-state index contributed by atoms with van der Waals surface area (Å²) in [5.41, 5.74) is 2.93. The molecule has 0 amide bonds. The van der Waals surface area contributed by atoms with Crippen molar-refractivity contribution in [2.24, 2.45) is 0 Å². The van der Waals surface area contributed by atoms with Crippen molar-refractivity contribution in [1.82, 2.24) is 0 Å². The van der Waals surface area contributed by atoms with Gasteiger partial charge in [-0.25, -0.2) is 0 Å². The molecule has 1 rings (SSSR count). The lowest BCUT2D eigenvalue weighted by Gasteiger charge is -2.08. The van der Waals surface area contributed by atoms with E-state index in [0.29, 0.717) is 17.6 Å². The highest BCUT2D eigenvalue weighted by Crippen LogP contribution is 2.21.